The second-order valence-corrected chi connectivity index (χ2v) is 5.72. The zero-order chi connectivity index (χ0) is 16.7. The van der Waals surface area contributed by atoms with Gasteiger partial charge < -0.3 is 10.6 Å². The number of nitrogens with one attached hydrogen (secondary N) is 2. The zero-order valence-corrected chi connectivity index (χ0v) is 12.9. The number of amides is 1. The highest BCUT2D eigenvalue weighted by atomic mass is 32.2. The first-order chi connectivity index (χ1) is 11.0. The maximum absolute atomic E-state index is 12.8. The summed E-state index contributed by atoms with van der Waals surface area (Å²) in [5.41, 5.74) is 1.47. The Morgan fingerprint density at radius 3 is 2.30 bits per heavy atom. The Balaban J connectivity index is 1.74. The van der Waals surface area contributed by atoms with Gasteiger partial charge in [-0.1, -0.05) is 23.9 Å². The van der Waals surface area contributed by atoms with Gasteiger partial charge in [0.1, 0.15) is 5.82 Å². The Bertz CT molecular complexity index is 633. The molecule has 0 aliphatic carbocycles. The highest BCUT2D eigenvalue weighted by molar-refractivity contribution is 7.99. The van der Waals surface area contributed by atoms with Crippen LogP contribution in [0.15, 0.2) is 53.4 Å². The average Bonchev–Trinajstić information content (AvgIpc) is 2.53. The first-order valence-electron chi connectivity index (χ1n) is 6.83. The Hall–Kier alpha value is -2.15. The fourth-order valence-electron chi connectivity index (χ4n) is 1.80. The predicted octanol–water partition coefficient (Wildman–Crippen LogP) is 3.87. The largest absolute Gasteiger partial charge is 0.376 e. The number of anilines is 1. The van der Waals surface area contributed by atoms with Crippen molar-refractivity contribution in [2.45, 2.75) is 17.2 Å². The van der Waals surface area contributed by atoms with Gasteiger partial charge in [-0.05, 0) is 42.0 Å². The van der Waals surface area contributed by atoms with E-state index in [0.29, 0.717) is 28.9 Å². The van der Waals surface area contributed by atoms with E-state index in [1.165, 1.54) is 12.1 Å². The van der Waals surface area contributed by atoms with E-state index in [2.05, 4.69) is 10.6 Å². The third-order valence-corrected chi connectivity index (χ3v) is 3.66. The monoisotopic (exact) mass is 340 g/mol. The Morgan fingerprint density at radius 2 is 1.70 bits per heavy atom. The number of rotatable bonds is 7. The van der Waals surface area contributed by atoms with Gasteiger partial charge in [-0.2, -0.15) is 8.78 Å². The van der Waals surface area contributed by atoms with Crippen molar-refractivity contribution < 1.29 is 18.0 Å². The molecule has 2 N–H and O–H groups in total. The van der Waals surface area contributed by atoms with Crippen molar-refractivity contribution in [1.29, 1.82) is 0 Å². The highest BCUT2D eigenvalue weighted by Crippen LogP contribution is 2.26. The molecule has 0 bridgehead atoms. The molecule has 0 unspecified atom stereocenters. The van der Waals surface area contributed by atoms with Crippen molar-refractivity contribution in [3.63, 3.8) is 0 Å². The minimum Gasteiger partial charge on any atom is -0.376 e. The van der Waals surface area contributed by atoms with Crippen molar-refractivity contribution in [3.8, 4) is 0 Å². The van der Waals surface area contributed by atoms with E-state index in [1.807, 2.05) is 0 Å². The van der Waals surface area contributed by atoms with Crippen LogP contribution in [0.5, 0.6) is 0 Å². The Labute approximate surface area is 136 Å². The summed E-state index contributed by atoms with van der Waals surface area (Å²) in [7, 11) is 0. The van der Waals surface area contributed by atoms with Crippen molar-refractivity contribution in [2.24, 2.45) is 0 Å². The van der Waals surface area contributed by atoms with E-state index in [1.54, 1.807) is 36.4 Å². The quantitative estimate of drug-likeness (QED) is 0.752. The molecule has 0 aliphatic heterocycles. The molecule has 0 spiro atoms. The van der Waals surface area contributed by atoms with Gasteiger partial charge in [0, 0.05) is 17.1 Å². The van der Waals surface area contributed by atoms with Crippen molar-refractivity contribution >= 4 is 23.4 Å². The molecule has 23 heavy (non-hydrogen) atoms. The molecule has 122 valence electrons. The van der Waals surface area contributed by atoms with Crippen LogP contribution in [0.4, 0.5) is 18.9 Å². The van der Waals surface area contributed by atoms with Crippen LogP contribution in [0.3, 0.4) is 0 Å². The summed E-state index contributed by atoms with van der Waals surface area (Å²) < 4.78 is 37.1. The van der Waals surface area contributed by atoms with Crippen LogP contribution in [0.2, 0.25) is 0 Å². The first-order valence-corrected chi connectivity index (χ1v) is 7.71. The normalized spacial score (nSPS) is 10.6. The predicted molar refractivity (Wildman–Crippen MR) is 85.0 cm³/mol. The minimum absolute atomic E-state index is 0.0581. The number of carbonyl (C=O) groups excluding carboxylic acids is 1. The van der Waals surface area contributed by atoms with E-state index in [0.717, 1.165) is 5.56 Å². The summed E-state index contributed by atoms with van der Waals surface area (Å²) in [5, 5.41) is 5.60. The summed E-state index contributed by atoms with van der Waals surface area (Å²) in [6, 6.07) is 12.3. The van der Waals surface area contributed by atoms with E-state index in [-0.39, 0.29) is 18.3 Å². The fraction of sp³-hybridized carbons (Fsp3) is 0.188. The van der Waals surface area contributed by atoms with Gasteiger partial charge in [-0.25, -0.2) is 4.39 Å². The molecular formula is C16H15F3N2OS. The van der Waals surface area contributed by atoms with Crippen LogP contribution < -0.4 is 10.6 Å². The van der Waals surface area contributed by atoms with Crippen LogP contribution in [-0.4, -0.2) is 18.2 Å². The lowest BCUT2D eigenvalue weighted by molar-refractivity contribution is -0.119. The van der Waals surface area contributed by atoms with Gasteiger partial charge >= 0.3 is 0 Å². The number of thioether (sulfide) groups is 1. The number of halogens is 3. The average molecular weight is 340 g/mol. The standard InChI is InChI=1S/C16H15F3N2OS/c17-12-3-1-11(2-4-12)9-21-15(22)10-20-13-5-7-14(8-6-13)23-16(18)19/h1-8,16,20H,9-10H2,(H,21,22). The summed E-state index contributed by atoms with van der Waals surface area (Å²) in [6.45, 7) is 0.368. The van der Waals surface area contributed by atoms with Crippen molar-refractivity contribution in [3.05, 3.63) is 59.9 Å². The van der Waals surface area contributed by atoms with Crippen LogP contribution >= 0.6 is 11.8 Å². The molecule has 3 nitrogen and oxygen atoms in total. The molecule has 2 aromatic rings. The highest BCUT2D eigenvalue weighted by Gasteiger charge is 2.05. The summed E-state index contributed by atoms with van der Waals surface area (Å²) in [5.74, 6) is -3.00. The van der Waals surface area contributed by atoms with E-state index in [4.69, 9.17) is 0 Å². The molecule has 0 saturated heterocycles. The summed E-state index contributed by atoms with van der Waals surface area (Å²) in [4.78, 5) is 12.2. The van der Waals surface area contributed by atoms with Crippen LogP contribution in [-0.2, 0) is 11.3 Å². The van der Waals surface area contributed by atoms with E-state index >= 15 is 0 Å². The second-order valence-electron chi connectivity index (χ2n) is 4.66. The van der Waals surface area contributed by atoms with Crippen LogP contribution in [0.1, 0.15) is 5.56 Å². The first kappa shape index (κ1) is 17.2. The van der Waals surface area contributed by atoms with Crippen LogP contribution in [0, 0.1) is 5.82 Å². The van der Waals surface area contributed by atoms with Gasteiger partial charge in [0.25, 0.3) is 5.76 Å². The van der Waals surface area contributed by atoms with Crippen molar-refractivity contribution in [1.82, 2.24) is 5.32 Å². The molecule has 0 heterocycles. The smallest absolute Gasteiger partial charge is 0.288 e. The van der Waals surface area contributed by atoms with Gasteiger partial charge in [0.15, 0.2) is 0 Å². The molecular weight excluding hydrogens is 325 g/mol. The molecule has 2 aromatic carbocycles. The lowest BCUT2D eigenvalue weighted by Gasteiger charge is -2.08. The number of benzene rings is 2. The SMILES string of the molecule is O=C(CNc1ccc(SC(F)F)cc1)NCc1ccc(F)cc1. The molecule has 0 atom stereocenters. The second kappa shape index (κ2) is 8.47. The number of hydrogen-bond acceptors (Lipinski definition) is 3. The minimum atomic E-state index is -2.45. The maximum Gasteiger partial charge on any atom is 0.288 e. The topological polar surface area (TPSA) is 41.1 Å². The fourth-order valence-corrected chi connectivity index (χ4v) is 2.30. The third-order valence-electron chi connectivity index (χ3n) is 2.94. The number of alkyl halides is 2. The molecule has 0 radical (unpaired) electrons. The molecule has 7 heteroatoms. The van der Waals surface area contributed by atoms with Gasteiger partial charge in [0.05, 0.1) is 6.54 Å². The van der Waals surface area contributed by atoms with Gasteiger partial charge in [-0.15, -0.1) is 0 Å². The van der Waals surface area contributed by atoms with Gasteiger partial charge in [-0.3, -0.25) is 4.79 Å². The summed E-state index contributed by atoms with van der Waals surface area (Å²) >= 11 is 0.471. The number of hydrogen-bond donors (Lipinski definition) is 2. The summed E-state index contributed by atoms with van der Waals surface area (Å²) in [6.07, 6.45) is 0. The Morgan fingerprint density at radius 1 is 1.04 bits per heavy atom. The van der Waals surface area contributed by atoms with Crippen molar-refractivity contribution in [2.75, 3.05) is 11.9 Å². The molecule has 1 amide bonds. The number of carbonyl (C=O) groups is 1. The maximum atomic E-state index is 12.8. The lowest BCUT2D eigenvalue weighted by Crippen LogP contribution is -2.29. The molecule has 0 aromatic heterocycles. The van der Waals surface area contributed by atoms with E-state index in [9.17, 15) is 18.0 Å². The zero-order valence-electron chi connectivity index (χ0n) is 12.1. The third kappa shape index (κ3) is 6.23. The lowest BCUT2D eigenvalue weighted by atomic mass is 10.2. The molecule has 0 aliphatic rings. The van der Waals surface area contributed by atoms with Gasteiger partial charge in [0.2, 0.25) is 5.91 Å². The molecule has 2 rings (SSSR count). The Kier molecular flexibility index (Phi) is 6.34. The van der Waals surface area contributed by atoms with Crippen LogP contribution in [0.25, 0.3) is 0 Å². The van der Waals surface area contributed by atoms with E-state index < -0.39 is 5.76 Å². The molecule has 0 fully saturated rings. The molecule has 0 saturated carbocycles.